The van der Waals surface area contributed by atoms with Crippen molar-refractivity contribution < 1.29 is 23.1 Å². The molecule has 0 unspecified atom stereocenters. The van der Waals surface area contributed by atoms with Gasteiger partial charge in [0.25, 0.3) is 11.5 Å². The number of carbonyl (C=O) groups excluding carboxylic acids is 1. The standard InChI is InChI=1S/C21H12F3N3O3/c22-11-3-1-4-15(10-11)27-19-16(5-2-6-25-19)18(28)17(21(27)30)20(29)26-14-8-12(23)7-13(24)9-14/h1-10,28H,(H,26,29). The molecule has 150 valence electrons. The number of carbonyl (C=O) groups is 1. The van der Waals surface area contributed by atoms with Crippen molar-refractivity contribution >= 4 is 22.6 Å². The molecule has 30 heavy (non-hydrogen) atoms. The third-order valence-corrected chi connectivity index (χ3v) is 4.32. The summed E-state index contributed by atoms with van der Waals surface area (Å²) in [4.78, 5) is 29.9. The number of hydrogen-bond acceptors (Lipinski definition) is 4. The molecule has 4 rings (SSSR count). The number of fused-ring (bicyclic) bond motifs is 1. The molecule has 0 aliphatic rings. The molecule has 4 aromatic rings. The van der Waals surface area contributed by atoms with Crippen LogP contribution in [0.1, 0.15) is 10.4 Å². The lowest BCUT2D eigenvalue weighted by Gasteiger charge is -2.14. The minimum atomic E-state index is -1.10. The molecule has 2 N–H and O–H groups in total. The molecule has 1 amide bonds. The quantitative estimate of drug-likeness (QED) is 0.538. The lowest BCUT2D eigenvalue weighted by Crippen LogP contribution is -2.29. The van der Waals surface area contributed by atoms with Gasteiger partial charge in [-0.15, -0.1) is 0 Å². The van der Waals surface area contributed by atoms with E-state index in [4.69, 9.17) is 0 Å². The van der Waals surface area contributed by atoms with Crippen LogP contribution < -0.4 is 10.9 Å². The number of amides is 1. The lowest BCUT2D eigenvalue weighted by atomic mass is 10.1. The van der Waals surface area contributed by atoms with E-state index in [9.17, 15) is 27.9 Å². The van der Waals surface area contributed by atoms with E-state index in [0.29, 0.717) is 6.07 Å². The number of halogens is 3. The van der Waals surface area contributed by atoms with Crippen LogP contribution in [-0.2, 0) is 0 Å². The molecular weight excluding hydrogens is 399 g/mol. The number of rotatable bonds is 3. The molecule has 0 fully saturated rings. The van der Waals surface area contributed by atoms with Gasteiger partial charge in [-0.05, 0) is 42.5 Å². The molecule has 0 aliphatic heterocycles. The Balaban J connectivity index is 1.94. The van der Waals surface area contributed by atoms with Crippen LogP contribution in [0.25, 0.3) is 16.7 Å². The van der Waals surface area contributed by atoms with Gasteiger partial charge in [0.2, 0.25) is 0 Å². The monoisotopic (exact) mass is 411 g/mol. The van der Waals surface area contributed by atoms with Crippen LogP contribution in [-0.4, -0.2) is 20.6 Å². The van der Waals surface area contributed by atoms with Crippen molar-refractivity contribution in [1.29, 1.82) is 0 Å². The molecule has 0 saturated heterocycles. The Labute approximate surface area is 166 Å². The first-order valence-electron chi connectivity index (χ1n) is 8.61. The van der Waals surface area contributed by atoms with Crippen molar-refractivity contribution in [1.82, 2.24) is 9.55 Å². The fourth-order valence-electron chi connectivity index (χ4n) is 3.08. The second-order valence-corrected chi connectivity index (χ2v) is 6.33. The summed E-state index contributed by atoms with van der Waals surface area (Å²) in [6.07, 6.45) is 1.37. The molecule has 0 radical (unpaired) electrons. The van der Waals surface area contributed by atoms with E-state index >= 15 is 0 Å². The summed E-state index contributed by atoms with van der Waals surface area (Å²) in [6, 6.07) is 10.3. The number of benzene rings is 2. The van der Waals surface area contributed by atoms with Crippen LogP contribution in [0.2, 0.25) is 0 Å². The van der Waals surface area contributed by atoms with Gasteiger partial charge in [-0.2, -0.15) is 0 Å². The Morgan fingerprint density at radius 1 is 0.967 bits per heavy atom. The van der Waals surface area contributed by atoms with Crippen LogP contribution in [0.4, 0.5) is 18.9 Å². The number of hydrogen-bond donors (Lipinski definition) is 2. The van der Waals surface area contributed by atoms with Gasteiger partial charge in [0.05, 0.1) is 11.1 Å². The van der Waals surface area contributed by atoms with Gasteiger partial charge in [0.1, 0.15) is 28.8 Å². The molecule has 0 bridgehead atoms. The molecule has 9 heteroatoms. The average Bonchev–Trinajstić information content (AvgIpc) is 2.67. The van der Waals surface area contributed by atoms with E-state index in [-0.39, 0.29) is 22.4 Å². The van der Waals surface area contributed by atoms with Crippen molar-refractivity contribution in [3.8, 4) is 11.4 Å². The average molecular weight is 411 g/mol. The lowest BCUT2D eigenvalue weighted by molar-refractivity contribution is 0.102. The summed E-state index contributed by atoms with van der Waals surface area (Å²) in [7, 11) is 0. The number of anilines is 1. The summed E-state index contributed by atoms with van der Waals surface area (Å²) in [6.45, 7) is 0. The summed E-state index contributed by atoms with van der Waals surface area (Å²) >= 11 is 0. The summed E-state index contributed by atoms with van der Waals surface area (Å²) in [5.41, 5.74) is -1.85. The smallest absolute Gasteiger partial charge is 0.273 e. The summed E-state index contributed by atoms with van der Waals surface area (Å²) < 4.78 is 41.6. The first-order chi connectivity index (χ1) is 14.3. The Hall–Kier alpha value is -4.14. The van der Waals surface area contributed by atoms with Gasteiger partial charge < -0.3 is 10.4 Å². The zero-order chi connectivity index (χ0) is 21.4. The number of nitrogens with zero attached hydrogens (tertiary/aromatic N) is 2. The highest BCUT2D eigenvalue weighted by Gasteiger charge is 2.24. The topological polar surface area (TPSA) is 84.2 Å². The van der Waals surface area contributed by atoms with E-state index < -0.39 is 40.2 Å². The highest BCUT2D eigenvalue weighted by Crippen LogP contribution is 2.27. The van der Waals surface area contributed by atoms with Crippen LogP contribution >= 0.6 is 0 Å². The van der Waals surface area contributed by atoms with E-state index in [1.807, 2.05) is 0 Å². The van der Waals surface area contributed by atoms with Crippen molar-refractivity contribution in [2.75, 3.05) is 5.32 Å². The Bertz CT molecular complexity index is 1350. The van der Waals surface area contributed by atoms with E-state index in [0.717, 1.165) is 22.8 Å². The predicted molar refractivity (Wildman–Crippen MR) is 103 cm³/mol. The van der Waals surface area contributed by atoms with Crippen LogP contribution in [0, 0.1) is 17.5 Å². The molecule has 2 aromatic carbocycles. The highest BCUT2D eigenvalue weighted by atomic mass is 19.1. The Kier molecular flexibility index (Phi) is 4.71. The number of aromatic nitrogens is 2. The first kappa shape index (κ1) is 19.2. The van der Waals surface area contributed by atoms with Gasteiger partial charge in [-0.1, -0.05) is 6.07 Å². The second-order valence-electron chi connectivity index (χ2n) is 6.33. The largest absolute Gasteiger partial charge is 0.506 e. The first-order valence-corrected chi connectivity index (χ1v) is 8.61. The highest BCUT2D eigenvalue weighted by molar-refractivity contribution is 6.09. The molecule has 0 atom stereocenters. The zero-order valence-electron chi connectivity index (χ0n) is 15.1. The summed E-state index contributed by atoms with van der Waals surface area (Å²) in [5.74, 6) is -4.26. The minimum Gasteiger partial charge on any atom is -0.506 e. The SMILES string of the molecule is O=C(Nc1cc(F)cc(F)c1)c1c(O)c2cccnc2n(-c2cccc(F)c2)c1=O. The van der Waals surface area contributed by atoms with Crippen molar-refractivity contribution in [2.45, 2.75) is 0 Å². The van der Waals surface area contributed by atoms with Gasteiger partial charge in [0.15, 0.2) is 5.65 Å². The van der Waals surface area contributed by atoms with Gasteiger partial charge in [-0.25, -0.2) is 18.2 Å². The van der Waals surface area contributed by atoms with Crippen molar-refractivity contribution in [2.24, 2.45) is 0 Å². The molecule has 6 nitrogen and oxygen atoms in total. The maximum absolute atomic E-state index is 13.8. The predicted octanol–water partition coefficient (Wildman–Crippen LogP) is 3.76. The van der Waals surface area contributed by atoms with Crippen molar-refractivity contribution in [3.63, 3.8) is 0 Å². The minimum absolute atomic E-state index is 0.000972. The molecular formula is C21H12F3N3O3. The summed E-state index contributed by atoms with van der Waals surface area (Å²) in [5, 5.41) is 12.8. The molecule has 0 aliphatic carbocycles. The number of pyridine rings is 2. The molecule has 2 aromatic heterocycles. The maximum atomic E-state index is 13.8. The number of nitrogens with one attached hydrogen (secondary N) is 1. The molecule has 0 saturated carbocycles. The zero-order valence-corrected chi connectivity index (χ0v) is 15.1. The van der Waals surface area contributed by atoms with Gasteiger partial charge in [0, 0.05) is 18.0 Å². The van der Waals surface area contributed by atoms with Crippen LogP contribution in [0.5, 0.6) is 5.75 Å². The third-order valence-electron chi connectivity index (χ3n) is 4.32. The molecule has 0 spiro atoms. The van der Waals surface area contributed by atoms with Crippen LogP contribution in [0.15, 0.2) is 65.6 Å². The molecule has 2 heterocycles. The van der Waals surface area contributed by atoms with E-state index in [1.54, 1.807) is 0 Å². The van der Waals surface area contributed by atoms with Crippen molar-refractivity contribution in [3.05, 3.63) is 94.2 Å². The van der Waals surface area contributed by atoms with Gasteiger partial charge in [-0.3, -0.25) is 14.2 Å². The van der Waals surface area contributed by atoms with Crippen LogP contribution in [0.3, 0.4) is 0 Å². The fraction of sp³-hybridized carbons (Fsp3) is 0. The van der Waals surface area contributed by atoms with E-state index in [1.165, 1.54) is 36.5 Å². The maximum Gasteiger partial charge on any atom is 0.273 e. The van der Waals surface area contributed by atoms with E-state index in [2.05, 4.69) is 10.3 Å². The van der Waals surface area contributed by atoms with Gasteiger partial charge >= 0.3 is 0 Å². The Morgan fingerprint density at radius 3 is 2.40 bits per heavy atom. The third kappa shape index (κ3) is 3.37. The Morgan fingerprint density at radius 2 is 1.70 bits per heavy atom. The number of aromatic hydroxyl groups is 1. The second kappa shape index (κ2) is 7.36. The fourth-order valence-corrected chi connectivity index (χ4v) is 3.08. The normalized spacial score (nSPS) is 10.9.